The Morgan fingerprint density at radius 1 is 0.929 bits per heavy atom. The maximum Gasteiger partial charge on any atom is 0.174 e. The quantitative estimate of drug-likeness (QED) is 0.521. The van der Waals surface area contributed by atoms with Crippen molar-refractivity contribution in [3.05, 3.63) is 99.5 Å². The van der Waals surface area contributed by atoms with Crippen LogP contribution in [-0.2, 0) is 19.5 Å². The lowest BCUT2D eigenvalue weighted by Gasteiger charge is -2.34. The monoisotopic (exact) mass is 387 g/mol. The van der Waals surface area contributed by atoms with Crippen LogP contribution < -0.4 is 0 Å². The van der Waals surface area contributed by atoms with E-state index in [1.54, 1.807) is 11.3 Å². The molecular weight excluding hydrogens is 366 g/mol. The van der Waals surface area contributed by atoms with E-state index >= 15 is 0 Å². The minimum absolute atomic E-state index is 0.0621. The first-order valence-electron chi connectivity index (χ1n) is 9.53. The summed E-state index contributed by atoms with van der Waals surface area (Å²) < 4.78 is 1.94. The van der Waals surface area contributed by atoms with E-state index in [-0.39, 0.29) is 6.04 Å². The van der Waals surface area contributed by atoms with Crippen molar-refractivity contribution in [2.24, 2.45) is 0 Å². The van der Waals surface area contributed by atoms with Crippen LogP contribution in [0.4, 0.5) is 0 Å². The number of hydrogen-bond donors (Lipinski definition) is 0. The van der Waals surface area contributed by atoms with Crippen molar-refractivity contribution in [1.82, 2.24) is 25.1 Å². The van der Waals surface area contributed by atoms with Gasteiger partial charge < -0.3 is 0 Å². The SMILES string of the molecule is c1ccc(Cn2nnnc2[C@@H](c2cccs2)N2CCc3ccccc3C2)cc1. The van der Waals surface area contributed by atoms with Gasteiger partial charge in [-0.25, -0.2) is 4.68 Å². The number of fused-ring (bicyclic) bond motifs is 1. The van der Waals surface area contributed by atoms with E-state index in [9.17, 15) is 0 Å². The first kappa shape index (κ1) is 17.3. The molecule has 5 nitrogen and oxygen atoms in total. The fourth-order valence-corrected chi connectivity index (χ4v) is 4.79. The molecule has 0 N–H and O–H groups in total. The number of rotatable bonds is 5. The third kappa shape index (κ3) is 3.37. The zero-order valence-corrected chi connectivity index (χ0v) is 16.3. The van der Waals surface area contributed by atoms with Crippen molar-refractivity contribution in [2.45, 2.75) is 25.6 Å². The summed E-state index contributed by atoms with van der Waals surface area (Å²) in [7, 11) is 0. The summed E-state index contributed by atoms with van der Waals surface area (Å²) in [5.74, 6) is 0.908. The van der Waals surface area contributed by atoms with Crippen LogP contribution in [0.25, 0.3) is 0 Å². The van der Waals surface area contributed by atoms with E-state index in [1.807, 2.05) is 10.7 Å². The Labute approximate surface area is 168 Å². The number of aromatic nitrogens is 4. The summed E-state index contributed by atoms with van der Waals surface area (Å²) >= 11 is 1.77. The lowest BCUT2D eigenvalue weighted by molar-refractivity contribution is 0.197. The van der Waals surface area contributed by atoms with Crippen LogP contribution >= 0.6 is 11.3 Å². The molecule has 3 heterocycles. The van der Waals surface area contributed by atoms with Crippen molar-refractivity contribution in [3.8, 4) is 0 Å². The van der Waals surface area contributed by atoms with Gasteiger partial charge in [0.1, 0.15) is 6.04 Å². The maximum atomic E-state index is 4.47. The van der Waals surface area contributed by atoms with Crippen molar-refractivity contribution in [3.63, 3.8) is 0 Å². The lowest BCUT2D eigenvalue weighted by Crippen LogP contribution is -2.36. The minimum atomic E-state index is 0.0621. The maximum absolute atomic E-state index is 4.47. The molecule has 4 aromatic rings. The summed E-state index contributed by atoms with van der Waals surface area (Å²) in [6, 6.07) is 23.5. The second-order valence-corrected chi connectivity index (χ2v) is 8.07. The standard InChI is InChI=1S/C22H21N5S/c1-2-7-17(8-3-1)15-27-22(23-24-25-27)21(20-11-6-14-28-20)26-13-12-18-9-4-5-10-19(18)16-26/h1-11,14,21H,12-13,15-16H2/t21-/m1/s1. The normalized spacial score (nSPS) is 15.3. The van der Waals surface area contributed by atoms with Crippen molar-refractivity contribution < 1.29 is 0 Å². The van der Waals surface area contributed by atoms with Gasteiger partial charge in [-0.3, -0.25) is 4.90 Å². The van der Waals surface area contributed by atoms with Gasteiger partial charge in [-0.05, 0) is 45.0 Å². The lowest BCUT2D eigenvalue weighted by atomic mass is 9.98. The van der Waals surface area contributed by atoms with Gasteiger partial charge in [-0.15, -0.1) is 16.4 Å². The summed E-state index contributed by atoms with van der Waals surface area (Å²) in [6.45, 7) is 2.59. The van der Waals surface area contributed by atoms with E-state index in [0.717, 1.165) is 25.3 Å². The molecule has 2 aromatic carbocycles. The van der Waals surface area contributed by atoms with Crippen molar-refractivity contribution in [1.29, 1.82) is 0 Å². The zero-order valence-electron chi connectivity index (χ0n) is 15.5. The fraction of sp³-hybridized carbons (Fsp3) is 0.227. The van der Waals surface area contributed by atoms with Crippen molar-refractivity contribution in [2.75, 3.05) is 6.54 Å². The Bertz CT molecular complexity index is 1040. The summed E-state index contributed by atoms with van der Waals surface area (Å²) in [5.41, 5.74) is 4.05. The van der Waals surface area contributed by atoms with Crippen LogP contribution in [-0.4, -0.2) is 31.7 Å². The van der Waals surface area contributed by atoms with Gasteiger partial charge in [0, 0.05) is 18.0 Å². The van der Waals surface area contributed by atoms with Crippen LogP contribution in [0.5, 0.6) is 0 Å². The summed E-state index contributed by atoms with van der Waals surface area (Å²) in [6.07, 6.45) is 1.05. The van der Waals surface area contributed by atoms with Gasteiger partial charge in [0.25, 0.3) is 0 Å². The molecule has 0 saturated carbocycles. The third-order valence-electron chi connectivity index (χ3n) is 5.32. The smallest absolute Gasteiger partial charge is 0.174 e. The second kappa shape index (κ2) is 7.66. The number of nitrogens with zero attached hydrogens (tertiary/aromatic N) is 5. The van der Waals surface area contributed by atoms with Gasteiger partial charge in [0.2, 0.25) is 0 Å². The topological polar surface area (TPSA) is 46.8 Å². The molecule has 2 aromatic heterocycles. The average Bonchev–Trinajstić information content (AvgIpc) is 3.42. The second-order valence-electron chi connectivity index (χ2n) is 7.09. The zero-order chi connectivity index (χ0) is 18.8. The Morgan fingerprint density at radius 2 is 1.75 bits per heavy atom. The van der Waals surface area contributed by atoms with Gasteiger partial charge >= 0.3 is 0 Å². The van der Waals surface area contributed by atoms with Gasteiger partial charge in [-0.1, -0.05) is 60.7 Å². The molecule has 1 aliphatic rings. The van der Waals surface area contributed by atoms with Crippen LogP contribution in [0.15, 0.2) is 72.1 Å². The Kier molecular flexibility index (Phi) is 4.72. The third-order valence-corrected chi connectivity index (χ3v) is 6.24. The molecule has 0 saturated heterocycles. The molecule has 140 valence electrons. The van der Waals surface area contributed by atoms with Crippen molar-refractivity contribution >= 4 is 11.3 Å². The van der Waals surface area contributed by atoms with Gasteiger partial charge in [-0.2, -0.15) is 0 Å². The molecule has 6 heteroatoms. The summed E-state index contributed by atoms with van der Waals surface area (Å²) in [4.78, 5) is 3.78. The highest BCUT2D eigenvalue weighted by molar-refractivity contribution is 7.10. The molecule has 28 heavy (non-hydrogen) atoms. The highest BCUT2D eigenvalue weighted by Gasteiger charge is 2.31. The molecule has 0 unspecified atom stereocenters. The molecule has 5 rings (SSSR count). The van der Waals surface area contributed by atoms with Gasteiger partial charge in [0.05, 0.1) is 6.54 Å². The number of hydrogen-bond acceptors (Lipinski definition) is 5. The van der Waals surface area contributed by atoms with Crippen LogP contribution in [0.2, 0.25) is 0 Å². The Balaban J connectivity index is 1.50. The average molecular weight is 388 g/mol. The highest BCUT2D eigenvalue weighted by Crippen LogP contribution is 2.34. The van der Waals surface area contributed by atoms with Crippen LogP contribution in [0, 0.1) is 0 Å². The first-order valence-corrected chi connectivity index (χ1v) is 10.4. The van der Waals surface area contributed by atoms with Gasteiger partial charge in [0.15, 0.2) is 5.82 Å². The summed E-state index contributed by atoms with van der Waals surface area (Å²) in [5, 5.41) is 14.9. The molecule has 1 aliphatic heterocycles. The highest BCUT2D eigenvalue weighted by atomic mass is 32.1. The largest absolute Gasteiger partial charge is 0.284 e. The van der Waals surface area contributed by atoms with Crippen LogP contribution in [0.3, 0.4) is 0 Å². The molecule has 0 fully saturated rings. The molecule has 0 radical (unpaired) electrons. The molecule has 0 bridgehead atoms. The number of thiophene rings is 1. The van der Waals surface area contributed by atoms with E-state index in [0.29, 0.717) is 6.54 Å². The van der Waals surface area contributed by atoms with E-state index in [2.05, 4.69) is 86.5 Å². The fourth-order valence-electron chi connectivity index (χ4n) is 3.93. The predicted octanol–water partition coefficient (Wildman–Crippen LogP) is 3.93. The number of benzene rings is 2. The Hall–Kier alpha value is -2.83. The minimum Gasteiger partial charge on any atom is -0.284 e. The first-order chi connectivity index (χ1) is 13.9. The van der Waals surface area contributed by atoms with E-state index < -0.39 is 0 Å². The molecule has 0 amide bonds. The molecule has 0 spiro atoms. The molecule has 0 aliphatic carbocycles. The van der Waals surface area contributed by atoms with Crippen LogP contribution in [0.1, 0.15) is 33.4 Å². The van der Waals surface area contributed by atoms with E-state index in [1.165, 1.54) is 21.6 Å². The number of tetrazole rings is 1. The predicted molar refractivity (Wildman–Crippen MR) is 110 cm³/mol. The Morgan fingerprint density at radius 3 is 2.57 bits per heavy atom. The molecule has 1 atom stereocenters. The van der Waals surface area contributed by atoms with E-state index in [4.69, 9.17) is 0 Å². The molecular formula is C22H21N5S.